The normalized spacial score (nSPS) is 14.3. The van der Waals surface area contributed by atoms with Crippen molar-refractivity contribution in [3.8, 4) is 73.2 Å². The van der Waals surface area contributed by atoms with Crippen LogP contribution in [0.15, 0.2) is 176 Å². The average Bonchev–Trinajstić information content (AvgIpc) is 3.94. The van der Waals surface area contributed by atoms with E-state index in [1.807, 2.05) is 24.4 Å². The SMILES string of the molecule is CC(C)(C)c1ccnc(-n2c3[c-]c(Oc4[c-]c(-n5[c-][n+]6c7c(cccc75)-c5ccccc5-c5ccccc5-c5ccc(-c7cc[c]8[c](c7)[Ge]([CH3])([CH3])[CH2][CH2][Ge]8([CH3])[CH3])cc5-6)ccc4)ccc3c3ccccc32)c1.[Pt]. The van der Waals surface area contributed by atoms with Crippen LogP contribution < -0.4 is 18.1 Å². The third-order valence-corrected chi connectivity index (χ3v) is 32.9. The van der Waals surface area contributed by atoms with E-state index in [0.29, 0.717) is 11.5 Å². The Kier molecular flexibility index (Phi) is 11.4. The van der Waals surface area contributed by atoms with Crippen LogP contribution in [-0.4, -0.2) is 40.7 Å². The Balaban J connectivity index is 0.00000530. The molecule has 0 atom stereocenters. The summed E-state index contributed by atoms with van der Waals surface area (Å²) in [5.74, 6) is 12.5. The van der Waals surface area contributed by atoms with E-state index in [1.165, 1.54) is 49.5 Å². The van der Waals surface area contributed by atoms with Crippen LogP contribution in [0.5, 0.6) is 11.5 Å². The number of aromatic nitrogens is 4. The fourth-order valence-corrected chi connectivity index (χ4v) is 41.9. The van der Waals surface area contributed by atoms with Gasteiger partial charge >= 0.3 is 278 Å². The topological polar surface area (TPSA) is 35.9 Å². The second-order valence-corrected chi connectivity index (χ2v) is 42.1. The van der Waals surface area contributed by atoms with Gasteiger partial charge in [-0.25, -0.2) is 4.98 Å². The quantitative estimate of drug-likeness (QED) is 0.0978. The zero-order valence-corrected chi connectivity index (χ0v) is 48.1. The molecule has 0 saturated carbocycles. The Labute approximate surface area is 442 Å². The van der Waals surface area contributed by atoms with Gasteiger partial charge in [-0.2, -0.15) is 6.07 Å². The molecule has 13 rings (SSSR count). The Bertz CT molecular complexity index is 3990. The number of benzene rings is 8. The molecule has 5 nitrogen and oxygen atoms in total. The molecule has 0 saturated heterocycles. The van der Waals surface area contributed by atoms with Gasteiger partial charge in [0.1, 0.15) is 5.82 Å². The summed E-state index contributed by atoms with van der Waals surface area (Å²) in [7, 11) is 0. The van der Waals surface area contributed by atoms with Gasteiger partial charge in [0.15, 0.2) is 0 Å². The van der Waals surface area contributed by atoms with Crippen molar-refractivity contribution >= 4 is 68.2 Å². The first-order chi connectivity index (χ1) is 34.3. The van der Waals surface area contributed by atoms with Crippen LogP contribution in [0.4, 0.5) is 0 Å². The van der Waals surface area contributed by atoms with Crippen LogP contribution in [0.1, 0.15) is 26.3 Å². The van der Waals surface area contributed by atoms with Crippen LogP contribution in [-0.2, 0) is 26.5 Å². The number of pyridine rings is 1. The molecule has 0 aliphatic carbocycles. The van der Waals surface area contributed by atoms with Crippen molar-refractivity contribution < 1.29 is 30.4 Å². The van der Waals surface area contributed by atoms with Crippen LogP contribution in [0.2, 0.25) is 33.5 Å². The fourth-order valence-electron chi connectivity index (χ4n) is 11.4. The van der Waals surface area contributed by atoms with E-state index < -0.39 is 26.5 Å². The molecule has 11 aromatic rings. The maximum absolute atomic E-state index is 6.75. The van der Waals surface area contributed by atoms with E-state index in [0.717, 1.165) is 61.2 Å². The van der Waals surface area contributed by atoms with Gasteiger partial charge in [-0.1, -0.05) is 44.5 Å². The van der Waals surface area contributed by atoms with Gasteiger partial charge in [0, 0.05) is 38.5 Å². The first kappa shape index (κ1) is 46.8. The summed E-state index contributed by atoms with van der Waals surface area (Å²) in [4.78, 5) is 4.89. The summed E-state index contributed by atoms with van der Waals surface area (Å²) in [6.45, 7) is 6.70. The predicted molar refractivity (Wildman–Crippen MR) is 298 cm³/mol. The number of ether oxygens (including phenoxy) is 1. The second-order valence-electron chi connectivity index (χ2n) is 21.9. The number of nitrogens with zero attached hydrogens (tertiary/aromatic N) is 4. The number of para-hydroxylation sites is 2. The Morgan fingerprint density at radius 2 is 1.18 bits per heavy atom. The maximum atomic E-state index is 6.75. The van der Waals surface area contributed by atoms with Crippen molar-refractivity contribution in [2.24, 2.45) is 0 Å². The van der Waals surface area contributed by atoms with E-state index in [2.05, 4.69) is 228 Å². The second kappa shape index (κ2) is 17.5. The molecular weight excluding hydrogens is 1180 g/mol. The average molecular weight is 1240 g/mol. The van der Waals surface area contributed by atoms with Gasteiger partial charge in [0.05, 0.1) is 0 Å². The molecule has 8 heteroatoms. The van der Waals surface area contributed by atoms with E-state index in [-0.39, 0.29) is 26.5 Å². The minimum atomic E-state index is -2.18. The fraction of sp³-hybridized carbons (Fsp3) is 0.156. The Morgan fingerprint density at radius 1 is 0.556 bits per heavy atom. The number of rotatable bonds is 5. The van der Waals surface area contributed by atoms with Gasteiger partial charge in [0.2, 0.25) is 0 Å². The van der Waals surface area contributed by atoms with Gasteiger partial charge in [-0.05, 0) is 34.6 Å². The molecule has 356 valence electrons. The molecule has 72 heavy (non-hydrogen) atoms. The standard InChI is InChI=1S/C64H54Ge2N4O.Pt/c1-64(2,3)44-32-35-67-62(38-44)70-58-24-13-12-22-52(58)54-30-28-47(40-61(54)70)71-46-17-14-16-45(39-46)68-41-69-60-37-43(42-27-31-56-57(36-42)66(6,7)34-33-65(56,4)5)26-29-53(60)50-20-10-8-18-48(50)49-19-9-11-21-51(49)55-23-15-25-59(68)63(55)69;/h8-32,35-38H,33-34H2,1-7H3;/q-2;. The summed E-state index contributed by atoms with van der Waals surface area (Å²) >= 11 is -4.25. The van der Waals surface area contributed by atoms with Crippen molar-refractivity contribution in [2.45, 2.75) is 59.7 Å². The Morgan fingerprint density at radius 3 is 1.94 bits per heavy atom. The van der Waals surface area contributed by atoms with Gasteiger partial charge < -0.3 is 9.30 Å². The van der Waals surface area contributed by atoms with E-state index >= 15 is 0 Å². The van der Waals surface area contributed by atoms with Gasteiger partial charge in [-0.15, -0.1) is 23.6 Å². The van der Waals surface area contributed by atoms with Crippen molar-refractivity contribution in [2.75, 3.05) is 0 Å². The molecule has 0 radical (unpaired) electrons. The van der Waals surface area contributed by atoms with Crippen LogP contribution >= 0.6 is 0 Å². The van der Waals surface area contributed by atoms with Crippen LogP contribution in [0, 0.1) is 18.5 Å². The van der Waals surface area contributed by atoms with Crippen molar-refractivity contribution in [1.29, 1.82) is 0 Å². The smallest absolute Gasteiger partial charge is 0.159 e. The van der Waals surface area contributed by atoms with Crippen LogP contribution in [0.3, 0.4) is 0 Å². The van der Waals surface area contributed by atoms with Gasteiger partial charge in [0.25, 0.3) is 0 Å². The summed E-state index contributed by atoms with van der Waals surface area (Å²) in [6.07, 6.45) is 5.84. The van der Waals surface area contributed by atoms with Crippen molar-refractivity contribution in [3.63, 3.8) is 0 Å². The van der Waals surface area contributed by atoms with Crippen molar-refractivity contribution in [1.82, 2.24) is 14.1 Å². The number of imidazole rings is 1. The number of hydrogen-bond donors (Lipinski definition) is 0. The zero-order chi connectivity index (χ0) is 48.4. The first-order valence-electron chi connectivity index (χ1n) is 24.9. The third kappa shape index (κ3) is 7.68. The molecule has 8 aromatic carbocycles. The molecule has 0 amide bonds. The Hall–Kier alpha value is -6.25. The minimum Gasteiger partial charge on any atom is -0.159 e. The van der Waals surface area contributed by atoms with E-state index in [9.17, 15) is 0 Å². The summed E-state index contributed by atoms with van der Waals surface area (Å²) in [5, 5.41) is 5.12. The number of hydrogen-bond acceptors (Lipinski definition) is 2. The predicted octanol–water partition coefficient (Wildman–Crippen LogP) is 14.7. The van der Waals surface area contributed by atoms with E-state index in [4.69, 9.17) is 9.72 Å². The molecule has 3 aromatic heterocycles. The molecule has 2 aliphatic rings. The number of fused-ring (bicyclic) bond motifs is 11. The first-order valence-corrected chi connectivity index (χ1v) is 38.4. The minimum absolute atomic E-state index is 0. The van der Waals surface area contributed by atoms with E-state index in [1.54, 1.807) is 8.79 Å². The molecule has 0 spiro atoms. The van der Waals surface area contributed by atoms with Crippen molar-refractivity contribution in [3.05, 3.63) is 200 Å². The molecule has 0 N–H and O–H groups in total. The molecular formula is C64H54Ge2N4OPt-2. The molecule has 0 fully saturated rings. The van der Waals surface area contributed by atoms with Gasteiger partial charge in [-0.3, -0.25) is 0 Å². The zero-order valence-electron chi connectivity index (χ0n) is 41.7. The summed E-state index contributed by atoms with van der Waals surface area (Å²) < 4.78 is 16.9. The molecule has 0 bridgehead atoms. The molecule has 5 heterocycles. The summed E-state index contributed by atoms with van der Waals surface area (Å²) in [6, 6.07) is 69.4. The monoisotopic (exact) mass is 1240 g/mol. The molecule has 0 unspecified atom stereocenters. The molecule has 2 aliphatic heterocycles. The third-order valence-electron chi connectivity index (χ3n) is 15.4. The summed E-state index contributed by atoms with van der Waals surface area (Å²) in [5.41, 5.74) is 16.8. The van der Waals surface area contributed by atoms with Crippen LogP contribution in [0.25, 0.3) is 94.5 Å².